The summed E-state index contributed by atoms with van der Waals surface area (Å²) in [5.41, 5.74) is 1.39. The van der Waals surface area contributed by atoms with E-state index in [2.05, 4.69) is 20.9 Å². The van der Waals surface area contributed by atoms with Gasteiger partial charge >= 0.3 is 0 Å². The molecule has 1 aromatic heterocycles. The molecule has 0 spiro atoms. The Balaban J connectivity index is 2.01. The third-order valence-electron chi connectivity index (χ3n) is 3.39. The second kappa shape index (κ2) is 6.38. The van der Waals surface area contributed by atoms with Gasteiger partial charge in [-0.1, -0.05) is 24.3 Å². The highest BCUT2D eigenvalue weighted by molar-refractivity contribution is 9.10. The highest BCUT2D eigenvalue weighted by Crippen LogP contribution is 2.32. The first kappa shape index (κ1) is 15.5. The Labute approximate surface area is 142 Å². The number of carbonyl (C=O) groups excluding carboxylic acids is 1. The van der Waals surface area contributed by atoms with Crippen molar-refractivity contribution >= 4 is 32.7 Å². The Hall–Kier alpha value is -2.40. The molecule has 0 radical (unpaired) electrons. The SMILES string of the molecule is CN(C)C(=O)c1c(Br)cccc1Oc1cnc2ccccc2c1. The van der Waals surface area contributed by atoms with Gasteiger partial charge in [0, 0.05) is 24.0 Å². The molecule has 23 heavy (non-hydrogen) atoms. The molecular weight excluding hydrogens is 356 g/mol. The maximum atomic E-state index is 12.4. The van der Waals surface area contributed by atoms with Crippen molar-refractivity contribution in [3.63, 3.8) is 0 Å². The monoisotopic (exact) mass is 370 g/mol. The molecule has 116 valence electrons. The van der Waals surface area contributed by atoms with E-state index >= 15 is 0 Å². The molecule has 4 nitrogen and oxygen atoms in total. The largest absolute Gasteiger partial charge is 0.455 e. The number of rotatable bonds is 3. The second-order valence-electron chi connectivity index (χ2n) is 5.28. The Morgan fingerprint density at radius 2 is 1.91 bits per heavy atom. The van der Waals surface area contributed by atoms with Gasteiger partial charge in [0.05, 0.1) is 17.3 Å². The van der Waals surface area contributed by atoms with Crippen LogP contribution < -0.4 is 4.74 Å². The number of fused-ring (bicyclic) bond motifs is 1. The Morgan fingerprint density at radius 3 is 2.70 bits per heavy atom. The quantitative estimate of drug-likeness (QED) is 0.681. The topological polar surface area (TPSA) is 42.4 Å². The molecule has 5 heteroatoms. The molecule has 2 aromatic carbocycles. The zero-order chi connectivity index (χ0) is 16.4. The molecule has 0 bridgehead atoms. The fourth-order valence-corrected chi connectivity index (χ4v) is 2.77. The third-order valence-corrected chi connectivity index (χ3v) is 4.05. The van der Waals surface area contributed by atoms with E-state index < -0.39 is 0 Å². The van der Waals surface area contributed by atoms with E-state index in [9.17, 15) is 4.79 Å². The van der Waals surface area contributed by atoms with Crippen molar-refractivity contribution in [3.05, 3.63) is 64.8 Å². The van der Waals surface area contributed by atoms with Crippen LogP contribution in [0.3, 0.4) is 0 Å². The first-order valence-corrected chi connectivity index (χ1v) is 7.88. The van der Waals surface area contributed by atoms with Crippen molar-refractivity contribution in [3.8, 4) is 11.5 Å². The number of para-hydroxylation sites is 1. The van der Waals surface area contributed by atoms with Crippen molar-refractivity contribution < 1.29 is 9.53 Å². The Bertz CT molecular complexity index is 878. The molecule has 3 rings (SSSR count). The van der Waals surface area contributed by atoms with Crippen molar-refractivity contribution in [2.45, 2.75) is 0 Å². The fraction of sp³-hybridized carbons (Fsp3) is 0.111. The Morgan fingerprint density at radius 1 is 1.13 bits per heavy atom. The fourth-order valence-electron chi connectivity index (χ4n) is 2.25. The number of amides is 1. The number of aromatic nitrogens is 1. The van der Waals surface area contributed by atoms with Gasteiger partial charge in [0.15, 0.2) is 0 Å². The first-order chi connectivity index (χ1) is 11.1. The van der Waals surface area contributed by atoms with Crippen LogP contribution >= 0.6 is 15.9 Å². The van der Waals surface area contributed by atoms with Crippen LogP contribution in [-0.2, 0) is 0 Å². The van der Waals surface area contributed by atoms with Crippen LogP contribution in [0.4, 0.5) is 0 Å². The van der Waals surface area contributed by atoms with Crippen molar-refractivity contribution in [2.75, 3.05) is 14.1 Å². The molecule has 0 unspecified atom stereocenters. The average Bonchev–Trinajstić information content (AvgIpc) is 2.54. The summed E-state index contributed by atoms with van der Waals surface area (Å²) in [7, 11) is 3.42. The minimum atomic E-state index is -0.124. The predicted molar refractivity (Wildman–Crippen MR) is 94.0 cm³/mol. The van der Waals surface area contributed by atoms with Crippen molar-refractivity contribution in [2.24, 2.45) is 0 Å². The molecule has 3 aromatic rings. The Kier molecular flexibility index (Phi) is 4.30. The van der Waals surface area contributed by atoms with E-state index in [1.807, 2.05) is 42.5 Å². The van der Waals surface area contributed by atoms with E-state index in [0.29, 0.717) is 21.5 Å². The number of pyridine rings is 1. The number of carbonyl (C=O) groups is 1. The summed E-state index contributed by atoms with van der Waals surface area (Å²) in [4.78, 5) is 18.3. The summed E-state index contributed by atoms with van der Waals surface area (Å²) >= 11 is 3.43. The molecule has 1 heterocycles. The number of hydrogen-bond acceptors (Lipinski definition) is 3. The van der Waals surface area contributed by atoms with Crippen LogP contribution in [0, 0.1) is 0 Å². The molecule has 1 amide bonds. The van der Waals surface area contributed by atoms with Crippen LogP contribution in [0.25, 0.3) is 10.9 Å². The van der Waals surface area contributed by atoms with E-state index in [4.69, 9.17) is 4.74 Å². The summed E-state index contributed by atoms with van der Waals surface area (Å²) in [6, 6.07) is 15.2. The molecule has 0 atom stereocenters. The molecule has 0 saturated carbocycles. The molecule has 0 aliphatic rings. The lowest BCUT2D eigenvalue weighted by atomic mass is 10.1. The molecule has 0 fully saturated rings. The summed E-state index contributed by atoms with van der Waals surface area (Å²) in [5, 5.41) is 0.987. The van der Waals surface area contributed by atoms with E-state index in [1.165, 1.54) is 4.90 Å². The zero-order valence-corrected chi connectivity index (χ0v) is 14.4. The molecule has 0 saturated heterocycles. The number of halogens is 1. The number of nitrogens with zero attached hydrogens (tertiary/aromatic N) is 2. The molecule has 0 N–H and O–H groups in total. The highest BCUT2D eigenvalue weighted by atomic mass is 79.9. The minimum Gasteiger partial charge on any atom is -0.455 e. The number of hydrogen-bond donors (Lipinski definition) is 0. The summed E-state index contributed by atoms with van der Waals surface area (Å²) < 4.78 is 6.63. The summed E-state index contributed by atoms with van der Waals surface area (Å²) in [5.74, 6) is 0.964. The lowest BCUT2D eigenvalue weighted by molar-refractivity contribution is 0.0824. The highest BCUT2D eigenvalue weighted by Gasteiger charge is 2.18. The minimum absolute atomic E-state index is 0.124. The maximum absolute atomic E-state index is 12.4. The predicted octanol–water partition coefficient (Wildman–Crippen LogP) is 4.49. The van der Waals surface area contributed by atoms with Gasteiger partial charge in [-0.3, -0.25) is 9.78 Å². The second-order valence-corrected chi connectivity index (χ2v) is 6.13. The molecule has 0 aliphatic carbocycles. The molecular formula is C18H15BrN2O2. The standard InChI is InChI=1S/C18H15BrN2O2/c1-21(2)18(22)17-14(19)7-5-9-16(17)23-13-10-12-6-3-4-8-15(12)20-11-13/h3-11H,1-2H3. The number of benzene rings is 2. The van der Waals surface area contributed by atoms with Crippen molar-refractivity contribution in [1.82, 2.24) is 9.88 Å². The van der Waals surface area contributed by atoms with Gasteiger partial charge in [-0.15, -0.1) is 0 Å². The lowest BCUT2D eigenvalue weighted by Crippen LogP contribution is -2.22. The van der Waals surface area contributed by atoms with Crippen LogP contribution in [0.15, 0.2) is 59.2 Å². The van der Waals surface area contributed by atoms with Gasteiger partial charge in [-0.2, -0.15) is 0 Å². The van der Waals surface area contributed by atoms with Crippen molar-refractivity contribution in [1.29, 1.82) is 0 Å². The van der Waals surface area contributed by atoms with Crippen LogP contribution in [0.5, 0.6) is 11.5 Å². The first-order valence-electron chi connectivity index (χ1n) is 7.09. The van der Waals surface area contributed by atoms with E-state index in [0.717, 1.165) is 10.9 Å². The summed E-state index contributed by atoms with van der Waals surface area (Å²) in [6.45, 7) is 0. The van der Waals surface area contributed by atoms with Crippen LogP contribution in [0.2, 0.25) is 0 Å². The van der Waals surface area contributed by atoms with E-state index in [1.54, 1.807) is 26.4 Å². The van der Waals surface area contributed by atoms with Gasteiger partial charge < -0.3 is 9.64 Å². The molecule has 0 aliphatic heterocycles. The van der Waals surface area contributed by atoms with Gasteiger partial charge in [0.1, 0.15) is 11.5 Å². The van der Waals surface area contributed by atoms with Gasteiger partial charge in [-0.05, 0) is 40.2 Å². The van der Waals surface area contributed by atoms with Gasteiger partial charge in [-0.25, -0.2) is 0 Å². The van der Waals surface area contributed by atoms with Crippen LogP contribution in [0.1, 0.15) is 10.4 Å². The zero-order valence-electron chi connectivity index (χ0n) is 12.8. The lowest BCUT2D eigenvalue weighted by Gasteiger charge is -2.16. The summed E-state index contributed by atoms with van der Waals surface area (Å²) in [6.07, 6.45) is 1.66. The van der Waals surface area contributed by atoms with Gasteiger partial charge in [0.25, 0.3) is 5.91 Å². The maximum Gasteiger partial charge on any atom is 0.258 e. The van der Waals surface area contributed by atoms with Gasteiger partial charge in [0.2, 0.25) is 0 Å². The normalized spacial score (nSPS) is 10.6. The number of ether oxygens (including phenoxy) is 1. The van der Waals surface area contributed by atoms with E-state index in [-0.39, 0.29) is 5.91 Å². The average molecular weight is 371 g/mol. The third kappa shape index (κ3) is 3.19. The smallest absolute Gasteiger partial charge is 0.258 e. The van der Waals surface area contributed by atoms with Crippen LogP contribution in [-0.4, -0.2) is 29.9 Å².